The van der Waals surface area contributed by atoms with Crippen LogP contribution in [0.15, 0.2) is 29.3 Å². The SMILES string of the molecule is CN=C(NCc1ccccc1[N+](=O)[O-])NCC(OC)C(C)(C)C. The highest BCUT2D eigenvalue weighted by atomic mass is 16.6. The lowest BCUT2D eigenvalue weighted by Gasteiger charge is -2.30. The third-order valence-electron chi connectivity index (χ3n) is 3.56. The Morgan fingerprint density at radius 1 is 1.35 bits per heavy atom. The number of para-hydroxylation sites is 1. The van der Waals surface area contributed by atoms with Gasteiger partial charge in [0.05, 0.1) is 11.0 Å². The van der Waals surface area contributed by atoms with E-state index in [1.54, 1.807) is 32.4 Å². The Balaban J connectivity index is 2.64. The zero-order valence-corrected chi connectivity index (χ0v) is 14.4. The zero-order valence-electron chi connectivity index (χ0n) is 14.4. The number of rotatable bonds is 6. The van der Waals surface area contributed by atoms with Crippen molar-refractivity contribution in [3.8, 4) is 0 Å². The molecule has 1 aromatic rings. The molecule has 0 fully saturated rings. The normalized spacial score (nSPS) is 13.5. The van der Waals surface area contributed by atoms with Gasteiger partial charge in [-0.1, -0.05) is 39.0 Å². The molecular formula is C16H26N4O3. The van der Waals surface area contributed by atoms with Gasteiger partial charge in [0.25, 0.3) is 5.69 Å². The van der Waals surface area contributed by atoms with E-state index in [-0.39, 0.29) is 22.1 Å². The molecule has 23 heavy (non-hydrogen) atoms. The van der Waals surface area contributed by atoms with Crippen LogP contribution in [0, 0.1) is 15.5 Å². The fourth-order valence-electron chi connectivity index (χ4n) is 2.17. The summed E-state index contributed by atoms with van der Waals surface area (Å²) >= 11 is 0. The Hall–Kier alpha value is -2.15. The molecule has 1 aromatic carbocycles. The topological polar surface area (TPSA) is 88.8 Å². The Bertz CT molecular complexity index is 553. The molecule has 0 aliphatic carbocycles. The summed E-state index contributed by atoms with van der Waals surface area (Å²) in [6, 6.07) is 6.65. The van der Waals surface area contributed by atoms with Crippen LogP contribution < -0.4 is 10.6 Å². The van der Waals surface area contributed by atoms with E-state index in [0.29, 0.717) is 24.6 Å². The van der Waals surface area contributed by atoms with Crippen LogP contribution in [-0.4, -0.2) is 37.7 Å². The summed E-state index contributed by atoms with van der Waals surface area (Å²) in [5.74, 6) is 0.578. The number of methoxy groups -OCH3 is 1. The minimum Gasteiger partial charge on any atom is -0.379 e. The molecule has 0 saturated heterocycles. The van der Waals surface area contributed by atoms with Crippen molar-refractivity contribution in [2.45, 2.75) is 33.4 Å². The van der Waals surface area contributed by atoms with Crippen molar-refractivity contribution >= 4 is 11.6 Å². The van der Waals surface area contributed by atoms with Crippen molar-refractivity contribution in [3.05, 3.63) is 39.9 Å². The molecule has 0 radical (unpaired) electrons. The zero-order chi connectivity index (χ0) is 17.5. The summed E-state index contributed by atoms with van der Waals surface area (Å²) in [5.41, 5.74) is 0.707. The van der Waals surface area contributed by atoms with Gasteiger partial charge in [0.1, 0.15) is 0 Å². The van der Waals surface area contributed by atoms with E-state index in [1.807, 2.05) is 0 Å². The minimum atomic E-state index is -0.381. The lowest BCUT2D eigenvalue weighted by atomic mass is 9.89. The van der Waals surface area contributed by atoms with Gasteiger partial charge in [0, 0.05) is 38.9 Å². The van der Waals surface area contributed by atoms with Crippen molar-refractivity contribution < 1.29 is 9.66 Å². The molecule has 1 unspecified atom stereocenters. The molecule has 0 aliphatic rings. The monoisotopic (exact) mass is 322 g/mol. The molecule has 0 amide bonds. The number of nitro groups is 1. The molecule has 0 aromatic heterocycles. The van der Waals surface area contributed by atoms with E-state index in [0.717, 1.165) is 0 Å². The Morgan fingerprint density at radius 3 is 2.52 bits per heavy atom. The maximum absolute atomic E-state index is 11.0. The smallest absolute Gasteiger partial charge is 0.274 e. The van der Waals surface area contributed by atoms with Gasteiger partial charge in [-0.15, -0.1) is 0 Å². The van der Waals surface area contributed by atoms with E-state index in [4.69, 9.17) is 4.74 Å². The number of nitrogens with one attached hydrogen (secondary N) is 2. The number of benzene rings is 1. The summed E-state index contributed by atoms with van der Waals surface area (Å²) in [7, 11) is 3.34. The van der Waals surface area contributed by atoms with Crippen LogP contribution in [0.2, 0.25) is 0 Å². The van der Waals surface area contributed by atoms with Gasteiger partial charge in [-0.3, -0.25) is 15.1 Å². The second kappa shape index (κ2) is 8.47. The lowest BCUT2D eigenvalue weighted by molar-refractivity contribution is -0.385. The van der Waals surface area contributed by atoms with E-state index < -0.39 is 0 Å². The molecular weight excluding hydrogens is 296 g/mol. The largest absolute Gasteiger partial charge is 0.379 e. The number of hydrogen-bond donors (Lipinski definition) is 2. The van der Waals surface area contributed by atoms with Gasteiger partial charge in [0.15, 0.2) is 5.96 Å². The van der Waals surface area contributed by atoms with Gasteiger partial charge in [-0.25, -0.2) is 0 Å². The lowest BCUT2D eigenvalue weighted by Crippen LogP contribution is -2.45. The molecule has 7 heteroatoms. The van der Waals surface area contributed by atoms with Gasteiger partial charge >= 0.3 is 0 Å². The van der Waals surface area contributed by atoms with Crippen LogP contribution in [0.4, 0.5) is 5.69 Å². The summed E-state index contributed by atoms with van der Waals surface area (Å²) in [5, 5.41) is 17.3. The van der Waals surface area contributed by atoms with Crippen molar-refractivity contribution in [2.75, 3.05) is 20.7 Å². The first kappa shape index (κ1) is 18.9. The van der Waals surface area contributed by atoms with Gasteiger partial charge in [-0.2, -0.15) is 0 Å². The third-order valence-corrected chi connectivity index (χ3v) is 3.56. The van der Waals surface area contributed by atoms with Crippen molar-refractivity contribution in [2.24, 2.45) is 10.4 Å². The van der Waals surface area contributed by atoms with Gasteiger partial charge in [0.2, 0.25) is 0 Å². The van der Waals surface area contributed by atoms with E-state index in [1.165, 1.54) is 6.07 Å². The molecule has 128 valence electrons. The number of aliphatic imine (C=N–C) groups is 1. The maximum atomic E-state index is 11.0. The summed E-state index contributed by atoms with van der Waals surface area (Å²) < 4.78 is 5.49. The number of hydrogen-bond acceptors (Lipinski definition) is 4. The molecule has 0 heterocycles. The van der Waals surface area contributed by atoms with Crippen LogP contribution in [0.3, 0.4) is 0 Å². The van der Waals surface area contributed by atoms with Crippen LogP contribution >= 0.6 is 0 Å². The average molecular weight is 322 g/mol. The van der Waals surface area contributed by atoms with Crippen LogP contribution in [0.25, 0.3) is 0 Å². The second-order valence-electron chi connectivity index (χ2n) is 6.28. The first-order valence-electron chi connectivity index (χ1n) is 7.49. The molecule has 1 rings (SSSR count). The highest BCUT2D eigenvalue weighted by Crippen LogP contribution is 2.21. The number of nitrogens with zero attached hydrogens (tertiary/aromatic N) is 2. The summed E-state index contributed by atoms with van der Waals surface area (Å²) in [6.07, 6.45) is 0.0205. The fraction of sp³-hybridized carbons (Fsp3) is 0.562. The van der Waals surface area contributed by atoms with Crippen LogP contribution in [0.5, 0.6) is 0 Å². The second-order valence-corrected chi connectivity index (χ2v) is 6.28. The first-order valence-corrected chi connectivity index (χ1v) is 7.49. The Kier molecular flexibility index (Phi) is 6.96. The van der Waals surface area contributed by atoms with Gasteiger partial charge < -0.3 is 15.4 Å². The van der Waals surface area contributed by atoms with E-state index in [2.05, 4.69) is 36.4 Å². The highest BCUT2D eigenvalue weighted by molar-refractivity contribution is 5.79. The highest BCUT2D eigenvalue weighted by Gasteiger charge is 2.24. The Morgan fingerprint density at radius 2 is 2.00 bits per heavy atom. The summed E-state index contributed by atoms with van der Waals surface area (Å²) in [4.78, 5) is 14.8. The third kappa shape index (κ3) is 5.86. The minimum absolute atomic E-state index is 0.00117. The van der Waals surface area contributed by atoms with Crippen LogP contribution in [-0.2, 0) is 11.3 Å². The number of guanidine groups is 1. The molecule has 0 aliphatic heterocycles. The molecule has 0 saturated carbocycles. The maximum Gasteiger partial charge on any atom is 0.274 e. The standard InChI is InChI=1S/C16H26N4O3/c1-16(2,3)14(23-5)11-19-15(17-4)18-10-12-8-6-7-9-13(12)20(21)22/h6-9,14H,10-11H2,1-5H3,(H2,17,18,19). The Labute approximate surface area is 137 Å². The van der Waals surface area contributed by atoms with Crippen molar-refractivity contribution in [1.82, 2.24) is 10.6 Å². The number of nitro benzene ring substituents is 1. The van der Waals surface area contributed by atoms with E-state index >= 15 is 0 Å². The van der Waals surface area contributed by atoms with Crippen molar-refractivity contribution in [3.63, 3.8) is 0 Å². The van der Waals surface area contributed by atoms with E-state index in [9.17, 15) is 10.1 Å². The quantitative estimate of drug-likeness (QED) is 0.363. The fourth-order valence-corrected chi connectivity index (χ4v) is 2.17. The van der Waals surface area contributed by atoms with Gasteiger partial charge in [-0.05, 0) is 5.41 Å². The summed E-state index contributed by atoms with van der Waals surface area (Å²) in [6.45, 7) is 7.23. The number of ether oxygens (including phenoxy) is 1. The molecule has 0 spiro atoms. The van der Waals surface area contributed by atoms with Crippen molar-refractivity contribution in [1.29, 1.82) is 0 Å². The molecule has 1 atom stereocenters. The molecule has 0 bridgehead atoms. The predicted octanol–water partition coefficient (Wildman–Crippen LogP) is 2.32. The molecule has 7 nitrogen and oxygen atoms in total. The average Bonchev–Trinajstić information content (AvgIpc) is 2.49. The predicted molar refractivity (Wildman–Crippen MR) is 91.5 cm³/mol. The van der Waals surface area contributed by atoms with Crippen LogP contribution in [0.1, 0.15) is 26.3 Å². The molecule has 2 N–H and O–H groups in total. The first-order chi connectivity index (χ1) is 10.8.